The Kier molecular flexibility index (Phi) is 6.08. The summed E-state index contributed by atoms with van der Waals surface area (Å²) < 4.78 is 6.04. The summed E-state index contributed by atoms with van der Waals surface area (Å²) >= 11 is 0. The van der Waals surface area contributed by atoms with Crippen molar-refractivity contribution in [2.75, 3.05) is 13.1 Å². The number of aromatic nitrogens is 3. The van der Waals surface area contributed by atoms with Crippen molar-refractivity contribution in [3.05, 3.63) is 71.2 Å². The van der Waals surface area contributed by atoms with Crippen molar-refractivity contribution in [1.29, 1.82) is 0 Å². The maximum atomic E-state index is 12.9. The lowest BCUT2D eigenvalue weighted by Crippen LogP contribution is -2.39. The Morgan fingerprint density at radius 3 is 3.00 bits per heavy atom. The first-order valence-electron chi connectivity index (χ1n) is 10.5. The number of unbranched alkanes of at least 4 members (excludes halogenated alkanes) is 1. The second-order valence-electron chi connectivity index (χ2n) is 7.80. The highest BCUT2D eigenvalue weighted by Gasteiger charge is 2.29. The number of aromatic amines is 1. The maximum absolute atomic E-state index is 12.9. The lowest BCUT2D eigenvalue weighted by Gasteiger charge is -2.30. The average Bonchev–Trinajstić information content (AvgIpc) is 3.42. The van der Waals surface area contributed by atoms with Gasteiger partial charge in [0.15, 0.2) is 5.89 Å². The van der Waals surface area contributed by atoms with E-state index in [1.54, 1.807) is 0 Å². The fraction of sp³-hybridized carbons (Fsp3) is 0.435. The molecule has 1 aliphatic rings. The van der Waals surface area contributed by atoms with E-state index < -0.39 is 0 Å². The maximum Gasteiger partial charge on any atom is 0.274 e. The number of carbonyl (C=O) groups is 1. The number of aryl methyl sites for hydroxylation is 1. The standard InChI is InChI=1S/C23H28N4O2/c1-2-3-11-19-14-21(26-25-19)23(28)27-12-7-10-18(16-27)22-24-15-20(29-22)13-17-8-5-4-6-9-17/h4-6,8-9,14-15,18H,2-3,7,10-13,16H2,1H3,(H,25,26). The summed E-state index contributed by atoms with van der Waals surface area (Å²) in [5, 5.41) is 7.24. The molecule has 1 atom stereocenters. The molecule has 1 fully saturated rings. The number of oxazole rings is 1. The highest BCUT2D eigenvalue weighted by Crippen LogP contribution is 2.28. The van der Waals surface area contributed by atoms with E-state index in [4.69, 9.17) is 4.42 Å². The van der Waals surface area contributed by atoms with Crippen LogP contribution in [0.2, 0.25) is 0 Å². The monoisotopic (exact) mass is 392 g/mol. The zero-order valence-corrected chi connectivity index (χ0v) is 16.9. The van der Waals surface area contributed by atoms with Crippen LogP contribution in [0.25, 0.3) is 0 Å². The van der Waals surface area contributed by atoms with Crippen LogP contribution < -0.4 is 0 Å². The highest BCUT2D eigenvalue weighted by molar-refractivity contribution is 5.92. The molecule has 152 valence electrons. The first kappa shape index (κ1) is 19.4. The molecule has 1 amide bonds. The van der Waals surface area contributed by atoms with Gasteiger partial charge in [-0.25, -0.2) is 4.98 Å². The van der Waals surface area contributed by atoms with Gasteiger partial charge in [-0.2, -0.15) is 5.10 Å². The van der Waals surface area contributed by atoms with E-state index in [1.165, 1.54) is 5.56 Å². The molecule has 0 bridgehead atoms. The molecule has 1 unspecified atom stereocenters. The van der Waals surface area contributed by atoms with E-state index >= 15 is 0 Å². The van der Waals surface area contributed by atoms with Crippen LogP contribution in [-0.2, 0) is 12.8 Å². The predicted molar refractivity (Wildman–Crippen MR) is 111 cm³/mol. The van der Waals surface area contributed by atoms with E-state index in [0.29, 0.717) is 12.2 Å². The normalized spacial score (nSPS) is 16.9. The van der Waals surface area contributed by atoms with Gasteiger partial charge in [0.2, 0.25) is 0 Å². The first-order valence-corrected chi connectivity index (χ1v) is 10.5. The number of rotatable bonds is 7. The quantitative estimate of drug-likeness (QED) is 0.649. The Labute approximate surface area is 171 Å². The van der Waals surface area contributed by atoms with Crippen LogP contribution >= 0.6 is 0 Å². The Hall–Kier alpha value is -2.89. The molecule has 29 heavy (non-hydrogen) atoms. The van der Waals surface area contributed by atoms with Crippen LogP contribution in [0.15, 0.2) is 47.0 Å². The molecule has 0 aliphatic carbocycles. The van der Waals surface area contributed by atoms with Gasteiger partial charge in [-0.1, -0.05) is 43.7 Å². The van der Waals surface area contributed by atoms with E-state index in [2.05, 4.69) is 34.2 Å². The molecule has 1 N–H and O–H groups in total. The van der Waals surface area contributed by atoms with Gasteiger partial charge in [-0.15, -0.1) is 0 Å². The molecule has 0 radical (unpaired) electrons. The summed E-state index contributed by atoms with van der Waals surface area (Å²) in [6, 6.07) is 12.1. The van der Waals surface area contributed by atoms with Gasteiger partial charge in [-0.3, -0.25) is 9.89 Å². The highest BCUT2D eigenvalue weighted by atomic mass is 16.4. The predicted octanol–water partition coefficient (Wildman–Crippen LogP) is 4.35. The van der Waals surface area contributed by atoms with Crippen molar-refractivity contribution in [3.8, 4) is 0 Å². The Morgan fingerprint density at radius 1 is 1.31 bits per heavy atom. The minimum atomic E-state index is -0.00948. The molecule has 0 saturated carbocycles. The summed E-state index contributed by atoms with van der Waals surface area (Å²) in [7, 11) is 0. The molecule has 0 spiro atoms. The second-order valence-corrected chi connectivity index (χ2v) is 7.80. The van der Waals surface area contributed by atoms with Crippen LogP contribution in [0.1, 0.15) is 71.9 Å². The number of hydrogen-bond acceptors (Lipinski definition) is 4. The summed E-state index contributed by atoms with van der Waals surface area (Å²) in [6.45, 7) is 3.54. The minimum Gasteiger partial charge on any atom is -0.445 e. The van der Waals surface area contributed by atoms with Crippen LogP contribution in [-0.4, -0.2) is 39.1 Å². The van der Waals surface area contributed by atoms with Crippen molar-refractivity contribution in [2.45, 2.75) is 51.4 Å². The summed E-state index contributed by atoms with van der Waals surface area (Å²) in [5.41, 5.74) is 2.74. The number of carbonyl (C=O) groups excluding carboxylic acids is 1. The lowest BCUT2D eigenvalue weighted by atomic mass is 9.97. The van der Waals surface area contributed by atoms with Crippen LogP contribution in [0.4, 0.5) is 0 Å². The number of hydrogen-bond donors (Lipinski definition) is 1. The molecule has 6 nitrogen and oxygen atoms in total. The van der Waals surface area contributed by atoms with Crippen molar-refractivity contribution < 1.29 is 9.21 Å². The number of likely N-dealkylation sites (tertiary alicyclic amines) is 1. The van der Waals surface area contributed by atoms with Gasteiger partial charge < -0.3 is 9.32 Å². The molecule has 3 heterocycles. The van der Waals surface area contributed by atoms with Crippen molar-refractivity contribution >= 4 is 5.91 Å². The smallest absolute Gasteiger partial charge is 0.274 e. The molecule has 6 heteroatoms. The largest absolute Gasteiger partial charge is 0.445 e. The Morgan fingerprint density at radius 2 is 2.17 bits per heavy atom. The summed E-state index contributed by atoms with van der Waals surface area (Å²) in [5.74, 6) is 1.72. The van der Waals surface area contributed by atoms with E-state index in [1.807, 2.05) is 35.4 Å². The summed E-state index contributed by atoms with van der Waals surface area (Å²) in [6.07, 6.45) is 7.63. The fourth-order valence-electron chi connectivity index (χ4n) is 3.88. The molecule has 2 aromatic heterocycles. The van der Waals surface area contributed by atoms with Crippen molar-refractivity contribution in [1.82, 2.24) is 20.1 Å². The van der Waals surface area contributed by atoms with Crippen LogP contribution in [0.3, 0.4) is 0 Å². The topological polar surface area (TPSA) is 75.0 Å². The lowest BCUT2D eigenvalue weighted by molar-refractivity contribution is 0.0692. The third-order valence-electron chi connectivity index (χ3n) is 5.50. The van der Waals surface area contributed by atoms with Gasteiger partial charge in [0.1, 0.15) is 11.5 Å². The van der Waals surface area contributed by atoms with Crippen molar-refractivity contribution in [2.24, 2.45) is 0 Å². The van der Waals surface area contributed by atoms with E-state index in [9.17, 15) is 4.79 Å². The Balaban J connectivity index is 1.39. The third kappa shape index (κ3) is 4.75. The zero-order chi connectivity index (χ0) is 20.1. The molecule has 4 rings (SSSR count). The van der Waals surface area contributed by atoms with Crippen molar-refractivity contribution in [3.63, 3.8) is 0 Å². The second kappa shape index (κ2) is 9.07. The number of H-pyrrole nitrogens is 1. The number of piperidine rings is 1. The van der Waals surface area contributed by atoms with Gasteiger partial charge in [0.05, 0.1) is 12.1 Å². The number of amides is 1. The minimum absolute atomic E-state index is 0.00948. The molecular formula is C23H28N4O2. The molecule has 1 aromatic carbocycles. The third-order valence-corrected chi connectivity index (χ3v) is 5.50. The Bertz CT molecular complexity index is 931. The SMILES string of the molecule is CCCCc1cc(C(=O)N2CCCC(c3ncc(Cc4ccccc4)o3)C2)n[nH]1. The van der Waals surface area contributed by atoms with Crippen LogP contribution in [0.5, 0.6) is 0 Å². The fourth-order valence-corrected chi connectivity index (χ4v) is 3.88. The molecule has 1 saturated heterocycles. The van der Waals surface area contributed by atoms with Crippen LogP contribution in [0, 0.1) is 0 Å². The van der Waals surface area contributed by atoms with E-state index in [0.717, 1.165) is 62.4 Å². The zero-order valence-electron chi connectivity index (χ0n) is 16.9. The molecule has 1 aliphatic heterocycles. The van der Waals surface area contributed by atoms with E-state index in [-0.39, 0.29) is 11.8 Å². The van der Waals surface area contributed by atoms with Gasteiger partial charge >= 0.3 is 0 Å². The molecular weight excluding hydrogens is 364 g/mol. The molecule has 3 aromatic rings. The summed E-state index contributed by atoms with van der Waals surface area (Å²) in [4.78, 5) is 19.3. The number of benzene rings is 1. The first-order chi connectivity index (χ1) is 14.2. The number of nitrogens with zero attached hydrogens (tertiary/aromatic N) is 3. The van der Waals surface area contributed by atoms with Gasteiger partial charge in [-0.05, 0) is 37.3 Å². The average molecular weight is 393 g/mol. The van der Waals surface area contributed by atoms with Gasteiger partial charge in [0.25, 0.3) is 5.91 Å². The number of nitrogens with one attached hydrogen (secondary N) is 1. The van der Waals surface area contributed by atoms with Gasteiger partial charge in [0, 0.05) is 25.2 Å².